The number of amides is 1. The molecule has 0 bridgehead atoms. The van der Waals surface area contributed by atoms with Gasteiger partial charge >= 0.3 is 0 Å². The van der Waals surface area contributed by atoms with Crippen molar-refractivity contribution >= 4 is 15.7 Å². The summed E-state index contributed by atoms with van der Waals surface area (Å²) in [7, 11) is -3.34. The lowest BCUT2D eigenvalue weighted by Gasteiger charge is -2.33. The molecule has 128 valence electrons. The zero-order valence-electron chi connectivity index (χ0n) is 13.8. The lowest BCUT2D eigenvalue weighted by atomic mass is 10.0. The summed E-state index contributed by atoms with van der Waals surface area (Å²) < 4.78 is 25.6. The lowest BCUT2D eigenvalue weighted by molar-refractivity contribution is 0.0678. The molecule has 1 saturated heterocycles. The molecule has 1 amide bonds. The number of imidazole rings is 1. The molecule has 1 unspecified atom stereocenters. The molecule has 2 aromatic rings. The van der Waals surface area contributed by atoms with E-state index in [2.05, 4.69) is 4.98 Å². The van der Waals surface area contributed by atoms with E-state index in [1.54, 1.807) is 24.7 Å². The summed E-state index contributed by atoms with van der Waals surface area (Å²) in [6, 6.07) is 4.95. The molecule has 0 N–H and O–H groups in total. The predicted octanol–water partition coefficient (Wildman–Crippen LogP) is 2.07. The maximum absolute atomic E-state index is 12.9. The first-order valence-corrected chi connectivity index (χ1v) is 9.83. The standard InChI is InChI=1S/C17H21N3O3S/c1-13-5-6-15(24(2,22)23)10-16(13)17(21)19-8-3-4-14(11-19)20-9-7-18-12-20/h5-7,9-10,12,14H,3-4,8,11H2,1-2H3. The molecular formula is C17H21N3O3S. The van der Waals surface area contributed by atoms with Gasteiger partial charge in [0.25, 0.3) is 5.91 Å². The number of aromatic nitrogens is 2. The summed E-state index contributed by atoms with van der Waals surface area (Å²) in [6.45, 7) is 3.13. The van der Waals surface area contributed by atoms with Crippen LogP contribution in [0.5, 0.6) is 0 Å². The van der Waals surface area contributed by atoms with Gasteiger partial charge < -0.3 is 9.47 Å². The molecule has 2 heterocycles. The number of sulfone groups is 1. The molecule has 24 heavy (non-hydrogen) atoms. The summed E-state index contributed by atoms with van der Waals surface area (Å²) >= 11 is 0. The highest BCUT2D eigenvalue weighted by molar-refractivity contribution is 7.90. The summed E-state index contributed by atoms with van der Waals surface area (Å²) in [5.41, 5.74) is 1.25. The quantitative estimate of drug-likeness (QED) is 0.852. The third kappa shape index (κ3) is 3.36. The number of piperidine rings is 1. The minimum absolute atomic E-state index is 0.109. The zero-order chi connectivity index (χ0) is 17.3. The number of aryl methyl sites for hydroxylation is 1. The highest BCUT2D eigenvalue weighted by Crippen LogP contribution is 2.24. The molecule has 6 nitrogen and oxygen atoms in total. The van der Waals surface area contributed by atoms with Crippen LogP contribution in [0.15, 0.2) is 41.8 Å². The number of benzene rings is 1. The van der Waals surface area contributed by atoms with E-state index < -0.39 is 9.84 Å². The normalized spacial score (nSPS) is 18.6. The molecule has 1 atom stereocenters. The summed E-state index contributed by atoms with van der Waals surface area (Å²) in [4.78, 5) is 19.0. The van der Waals surface area contributed by atoms with E-state index in [0.717, 1.165) is 24.7 Å². The molecule has 0 spiro atoms. The predicted molar refractivity (Wildman–Crippen MR) is 90.7 cm³/mol. The zero-order valence-corrected chi connectivity index (χ0v) is 14.7. The molecule has 1 aliphatic rings. The van der Waals surface area contributed by atoms with E-state index in [1.807, 2.05) is 22.6 Å². The largest absolute Gasteiger partial charge is 0.337 e. The van der Waals surface area contributed by atoms with E-state index in [9.17, 15) is 13.2 Å². The van der Waals surface area contributed by atoms with E-state index in [4.69, 9.17) is 0 Å². The van der Waals surface area contributed by atoms with Gasteiger partial charge in [0.2, 0.25) is 0 Å². The van der Waals surface area contributed by atoms with Crippen molar-refractivity contribution in [1.29, 1.82) is 0 Å². The molecule has 7 heteroatoms. The number of carbonyl (C=O) groups excluding carboxylic acids is 1. The Morgan fingerprint density at radius 3 is 2.79 bits per heavy atom. The first kappa shape index (κ1) is 16.7. The van der Waals surface area contributed by atoms with Crippen LogP contribution in [0.1, 0.15) is 34.8 Å². The van der Waals surface area contributed by atoms with Crippen molar-refractivity contribution in [2.45, 2.75) is 30.7 Å². The second kappa shape index (κ2) is 6.39. The van der Waals surface area contributed by atoms with Crippen LogP contribution in [0.25, 0.3) is 0 Å². The van der Waals surface area contributed by atoms with E-state index in [0.29, 0.717) is 18.7 Å². The van der Waals surface area contributed by atoms with Gasteiger partial charge in [-0.1, -0.05) is 6.07 Å². The topological polar surface area (TPSA) is 72.3 Å². The second-order valence-electron chi connectivity index (χ2n) is 6.31. The summed E-state index contributed by atoms with van der Waals surface area (Å²) in [5, 5.41) is 0. The van der Waals surface area contributed by atoms with Gasteiger partial charge in [-0.2, -0.15) is 0 Å². The molecule has 0 aliphatic carbocycles. The SMILES string of the molecule is Cc1ccc(S(C)(=O)=O)cc1C(=O)N1CCCC(n2ccnc2)C1. The van der Waals surface area contributed by atoms with Crippen LogP contribution in [0.4, 0.5) is 0 Å². The number of nitrogens with zero attached hydrogens (tertiary/aromatic N) is 3. The molecular weight excluding hydrogens is 326 g/mol. The number of carbonyl (C=O) groups is 1. The average molecular weight is 347 g/mol. The van der Waals surface area contributed by atoms with Gasteiger partial charge in [0.15, 0.2) is 9.84 Å². The Balaban J connectivity index is 1.86. The third-order valence-electron chi connectivity index (χ3n) is 4.50. The van der Waals surface area contributed by atoms with Crippen LogP contribution < -0.4 is 0 Å². The smallest absolute Gasteiger partial charge is 0.254 e. The summed E-state index contributed by atoms with van der Waals surface area (Å²) in [6.07, 6.45) is 8.49. The molecule has 1 fully saturated rings. The Kier molecular flexibility index (Phi) is 4.45. The maximum atomic E-state index is 12.9. The Morgan fingerprint density at radius 2 is 2.12 bits per heavy atom. The molecule has 1 aromatic carbocycles. The van der Waals surface area contributed by atoms with Crippen LogP contribution in [0, 0.1) is 6.92 Å². The van der Waals surface area contributed by atoms with Crippen molar-refractivity contribution in [3.8, 4) is 0 Å². The van der Waals surface area contributed by atoms with Crippen LogP contribution in [-0.4, -0.2) is 48.1 Å². The van der Waals surface area contributed by atoms with Gasteiger partial charge in [0, 0.05) is 37.3 Å². The molecule has 3 rings (SSSR count). The van der Waals surface area contributed by atoms with E-state index in [1.165, 1.54) is 6.07 Å². The van der Waals surface area contributed by atoms with Crippen molar-refractivity contribution in [2.75, 3.05) is 19.3 Å². The van der Waals surface area contributed by atoms with Gasteiger partial charge in [0.1, 0.15) is 0 Å². The first-order chi connectivity index (χ1) is 11.4. The fraction of sp³-hybridized carbons (Fsp3) is 0.412. The molecule has 1 aromatic heterocycles. The molecule has 0 saturated carbocycles. The maximum Gasteiger partial charge on any atom is 0.254 e. The van der Waals surface area contributed by atoms with Gasteiger partial charge in [-0.15, -0.1) is 0 Å². The summed E-state index contributed by atoms with van der Waals surface area (Å²) in [5.74, 6) is -0.109. The number of likely N-dealkylation sites (tertiary alicyclic amines) is 1. The monoisotopic (exact) mass is 347 g/mol. The number of hydrogen-bond donors (Lipinski definition) is 0. The van der Waals surface area contributed by atoms with Crippen molar-refractivity contribution in [3.63, 3.8) is 0 Å². The van der Waals surface area contributed by atoms with Gasteiger partial charge in [-0.3, -0.25) is 4.79 Å². The van der Waals surface area contributed by atoms with Crippen LogP contribution in [0.2, 0.25) is 0 Å². The van der Waals surface area contributed by atoms with E-state index in [-0.39, 0.29) is 16.8 Å². The minimum Gasteiger partial charge on any atom is -0.337 e. The Morgan fingerprint density at radius 1 is 1.33 bits per heavy atom. The van der Waals surface area contributed by atoms with E-state index >= 15 is 0 Å². The second-order valence-corrected chi connectivity index (χ2v) is 8.32. The fourth-order valence-electron chi connectivity index (χ4n) is 3.10. The van der Waals surface area contributed by atoms with Gasteiger partial charge in [-0.05, 0) is 37.5 Å². The average Bonchev–Trinajstić information content (AvgIpc) is 3.08. The van der Waals surface area contributed by atoms with Crippen molar-refractivity contribution in [2.24, 2.45) is 0 Å². The first-order valence-electron chi connectivity index (χ1n) is 7.93. The van der Waals surface area contributed by atoms with Crippen molar-refractivity contribution in [1.82, 2.24) is 14.5 Å². The minimum atomic E-state index is -3.34. The van der Waals surface area contributed by atoms with Crippen LogP contribution in [0.3, 0.4) is 0 Å². The molecule has 1 aliphatic heterocycles. The molecule has 0 radical (unpaired) electrons. The van der Waals surface area contributed by atoms with Crippen molar-refractivity contribution in [3.05, 3.63) is 48.0 Å². The lowest BCUT2D eigenvalue weighted by Crippen LogP contribution is -2.40. The Labute approximate surface area is 142 Å². The highest BCUT2D eigenvalue weighted by atomic mass is 32.2. The van der Waals surface area contributed by atoms with Gasteiger partial charge in [0.05, 0.1) is 17.3 Å². The van der Waals surface area contributed by atoms with Crippen LogP contribution >= 0.6 is 0 Å². The van der Waals surface area contributed by atoms with Crippen LogP contribution in [-0.2, 0) is 9.84 Å². The van der Waals surface area contributed by atoms with Crippen molar-refractivity contribution < 1.29 is 13.2 Å². The highest BCUT2D eigenvalue weighted by Gasteiger charge is 2.26. The number of hydrogen-bond acceptors (Lipinski definition) is 4. The Hall–Kier alpha value is -2.15. The number of rotatable bonds is 3. The fourth-order valence-corrected chi connectivity index (χ4v) is 3.75. The Bertz CT molecular complexity index is 844. The third-order valence-corrected chi connectivity index (χ3v) is 5.61. The van der Waals surface area contributed by atoms with Gasteiger partial charge in [-0.25, -0.2) is 13.4 Å².